The van der Waals surface area contributed by atoms with Crippen molar-refractivity contribution in [2.45, 2.75) is 6.54 Å². The molecule has 1 rings (SSSR count). The van der Waals surface area contributed by atoms with Crippen molar-refractivity contribution in [3.63, 3.8) is 0 Å². The molecule has 0 atom stereocenters. The molecule has 1 aromatic carbocycles. The molecule has 18 heavy (non-hydrogen) atoms. The maximum absolute atomic E-state index is 11.3. The fourth-order valence-electron chi connectivity index (χ4n) is 1.27. The van der Waals surface area contributed by atoms with E-state index < -0.39 is 11.8 Å². The highest BCUT2D eigenvalue weighted by Gasteiger charge is 2.12. The van der Waals surface area contributed by atoms with Crippen LogP contribution >= 0.6 is 0 Å². The molecule has 0 fully saturated rings. The average molecular weight is 245 g/mol. The average Bonchev–Trinajstić information content (AvgIpc) is 2.42. The predicted octanol–water partition coefficient (Wildman–Crippen LogP) is -0.245. The zero-order valence-electron chi connectivity index (χ0n) is 9.47. The highest BCUT2D eigenvalue weighted by Crippen LogP contribution is 2.05. The molecule has 0 bridgehead atoms. The van der Waals surface area contributed by atoms with Gasteiger partial charge in [-0.15, -0.1) is 0 Å². The Morgan fingerprint density at radius 2 is 1.89 bits per heavy atom. The maximum Gasteiger partial charge on any atom is 0.310 e. The van der Waals surface area contributed by atoms with Crippen LogP contribution in [0.3, 0.4) is 0 Å². The van der Waals surface area contributed by atoms with Gasteiger partial charge in [-0.2, -0.15) is 5.26 Å². The van der Waals surface area contributed by atoms with Crippen LogP contribution in [0.25, 0.3) is 0 Å². The maximum atomic E-state index is 11.3. The number of carbonyl (C=O) groups excluding carboxylic acids is 3. The lowest BCUT2D eigenvalue weighted by Crippen LogP contribution is -2.39. The standard InChI is InChI=1S/C12H11N3O3/c13-5-6-14-11(17)12(18)15-7-9-3-1-2-4-10(9)8-16/h1-4,8H,6-7H2,(H,14,17)(H,15,18). The van der Waals surface area contributed by atoms with E-state index in [1.165, 1.54) is 0 Å². The molecule has 0 saturated carbocycles. The van der Waals surface area contributed by atoms with E-state index in [2.05, 4.69) is 10.6 Å². The Labute approximate surface area is 104 Å². The summed E-state index contributed by atoms with van der Waals surface area (Å²) in [6.07, 6.45) is 0.678. The van der Waals surface area contributed by atoms with Crippen LogP contribution < -0.4 is 10.6 Å². The van der Waals surface area contributed by atoms with Gasteiger partial charge in [-0.3, -0.25) is 14.4 Å². The van der Waals surface area contributed by atoms with Crippen molar-refractivity contribution in [3.05, 3.63) is 35.4 Å². The molecule has 0 spiro atoms. The van der Waals surface area contributed by atoms with Gasteiger partial charge in [-0.1, -0.05) is 24.3 Å². The molecule has 0 radical (unpaired) electrons. The smallest absolute Gasteiger partial charge is 0.310 e. The Kier molecular flexibility index (Phi) is 5.06. The van der Waals surface area contributed by atoms with E-state index in [-0.39, 0.29) is 13.1 Å². The second-order valence-corrected chi connectivity index (χ2v) is 3.34. The van der Waals surface area contributed by atoms with Crippen molar-refractivity contribution in [1.82, 2.24) is 10.6 Å². The van der Waals surface area contributed by atoms with Gasteiger partial charge in [0.25, 0.3) is 0 Å². The molecule has 0 aliphatic carbocycles. The Hall–Kier alpha value is -2.68. The van der Waals surface area contributed by atoms with Gasteiger partial charge in [0.1, 0.15) is 12.8 Å². The van der Waals surface area contributed by atoms with Crippen molar-refractivity contribution in [2.24, 2.45) is 0 Å². The summed E-state index contributed by atoms with van der Waals surface area (Å²) >= 11 is 0. The van der Waals surface area contributed by atoms with E-state index in [1.54, 1.807) is 30.3 Å². The first-order chi connectivity index (χ1) is 8.69. The van der Waals surface area contributed by atoms with Crippen LogP contribution in [0.2, 0.25) is 0 Å². The van der Waals surface area contributed by atoms with Gasteiger partial charge in [0.15, 0.2) is 0 Å². The Morgan fingerprint density at radius 3 is 2.56 bits per heavy atom. The summed E-state index contributed by atoms with van der Waals surface area (Å²) in [7, 11) is 0. The molecule has 1 aromatic rings. The minimum absolute atomic E-state index is 0.0771. The lowest BCUT2D eigenvalue weighted by molar-refractivity contribution is -0.139. The first-order valence-corrected chi connectivity index (χ1v) is 5.15. The van der Waals surface area contributed by atoms with Crippen LogP contribution in [0.15, 0.2) is 24.3 Å². The lowest BCUT2D eigenvalue weighted by atomic mass is 10.1. The van der Waals surface area contributed by atoms with E-state index in [0.29, 0.717) is 17.4 Å². The number of rotatable bonds is 4. The third kappa shape index (κ3) is 3.72. The third-order valence-electron chi connectivity index (χ3n) is 2.16. The van der Waals surface area contributed by atoms with Crippen LogP contribution in [0.4, 0.5) is 0 Å². The number of hydrogen-bond donors (Lipinski definition) is 2. The van der Waals surface area contributed by atoms with E-state index in [9.17, 15) is 14.4 Å². The molecular weight excluding hydrogens is 234 g/mol. The van der Waals surface area contributed by atoms with Gasteiger partial charge in [0, 0.05) is 12.1 Å². The highest BCUT2D eigenvalue weighted by molar-refractivity contribution is 6.35. The van der Waals surface area contributed by atoms with Gasteiger partial charge < -0.3 is 10.6 Å². The summed E-state index contributed by atoms with van der Waals surface area (Å²) < 4.78 is 0. The SMILES string of the molecule is N#CCNC(=O)C(=O)NCc1ccccc1C=O. The second-order valence-electron chi connectivity index (χ2n) is 3.34. The normalized spacial score (nSPS) is 9.06. The van der Waals surface area contributed by atoms with Gasteiger partial charge in [-0.05, 0) is 5.56 Å². The number of carbonyl (C=O) groups is 3. The minimum atomic E-state index is -0.875. The van der Waals surface area contributed by atoms with Crippen LogP contribution in [0.1, 0.15) is 15.9 Å². The zero-order chi connectivity index (χ0) is 13.4. The van der Waals surface area contributed by atoms with Crippen molar-refractivity contribution < 1.29 is 14.4 Å². The highest BCUT2D eigenvalue weighted by atomic mass is 16.2. The summed E-state index contributed by atoms with van der Waals surface area (Å²) in [5, 5.41) is 12.7. The van der Waals surface area contributed by atoms with E-state index in [4.69, 9.17) is 5.26 Å². The Bertz CT molecular complexity index is 506. The fourth-order valence-corrected chi connectivity index (χ4v) is 1.27. The summed E-state index contributed by atoms with van der Waals surface area (Å²) in [6.45, 7) is -0.148. The summed E-state index contributed by atoms with van der Waals surface area (Å²) in [5.41, 5.74) is 1.07. The predicted molar refractivity (Wildman–Crippen MR) is 62.3 cm³/mol. The van der Waals surface area contributed by atoms with Gasteiger partial charge in [0.05, 0.1) is 6.07 Å². The molecule has 0 unspecified atom stereocenters. The van der Waals surface area contributed by atoms with E-state index in [0.717, 1.165) is 0 Å². The number of nitriles is 1. The van der Waals surface area contributed by atoms with Gasteiger partial charge in [-0.25, -0.2) is 0 Å². The third-order valence-corrected chi connectivity index (χ3v) is 2.16. The minimum Gasteiger partial charge on any atom is -0.344 e. The zero-order valence-corrected chi connectivity index (χ0v) is 9.47. The largest absolute Gasteiger partial charge is 0.344 e. The monoisotopic (exact) mass is 245 g/mol. The van der Waals surface area contributed by atoms with Crippen molar-refractivity contribution in [1.29, 1.82) is 5.26 Å². The number of hydrogen-bond acceptors (Lipinski definition) is 4. The van der Waals surface area contributed by atoms with Crippen LogP contribution in [0.5, 0.6) is 0 Å². The molecule has 92 valence electrons. The van der Waals surface area contributed by atoms with Crippen molar-refractivity contribution in [3.8, 4) is 6.07 Å². The molecule has 6 nitrogen and oxygen atoms in total. The Morgan fingerprint density at radius 1 is 1.22 bits per heavy atom. The molecular formula is C12H11N3O3. The van der Waals surface area contributed by atoms with Crippen LogP contribution in [0, 0.1) is 11.3 Å². The number of benzene rings is 1. The summed E-state index contributed by atoms with van der Waals surface area (Å²) in [6, 6.07) is 8.41. The van der Waals surface area contributed by atoms with E-state index >= 15 is 0 Å². The van der Waals surface area contributed by atoms with Crippen molar-refractivity contribution >= 4 is 18.1 Å². The molecule has 0 saturated heterocycles. The van der Waals surface area contributed by atoms with Gasteiger partial charge in [0.2, 0.25) is 0 Å². The number of aldehydes is 1. The summed E-state index contributed by atoms with van der Waals surface area (Å²) in [5.74, 6) is -1.72. The topological polar surface area (TPSA) is 99.1 Å². The molecule has 2 N–H and O–H groups in total. The molecule has 0 aliphatic rings. The second kappa shape index (κ2) is 6.81. The van der Waals surface area contributed by atoms with Gasteiger partial charge >= 0.3 is 11.8 Å². The lowest BCUT2D eigenvalue weighted by Gasteiger charge is -2.06. The quantitative estimate of drug-likeness (QED) is 0.434. The summed E-state index contributed by atoms with van der Waals surface area (Å²) in [4.78, 5) is 33.2. The first-order valence-electron chi connectivity index (χ1n) is 5.15. The fraction of sp³-hybridized carbons (Fsp3) is 0.167. The number of nitrogens with one attached hydrogen (secondary N) is 2. The molecule has 6 heteroatoms. The van der Waals surface area contributed by atoms with Crippen LogP contribution in [-0.2, 0) is 16.1 Å². The molecule has 2 amide bonds. The first kappa shape index (κ1) is 13.4. The Balaban J connectivity index is 2.55. The molecule has 0 aromatic heterocycles. The molecule has 0 heterocycles. The molecule has 0 aliphatic heterocycles. The van der Waals surface area contributed by atoms with Crippen molar-refractivity contribution in [2.75, 3.05) is 6.54 Å². The number of amides is 2. The van der Waals surface area contributed by atoms with Crippen LogP contribution in [-0.4, -0.2) is 24.6 Å². The van der Waals surface area contributed by atoms with E-state index in [1.807, 2.05) is 0 Å². The number of nitrogens with zero attached hydrogens (tertiary/aromatic N) is 1.